The van der Waals surface area contributed by atoms with E-state index in [1.54, 1.807) is 60.9 Å². The van der Waals surface area contributed by atoms with Crippen molar-refractivity contribution in [2.24, 2.45) is 4.36 Å². The summed E-state index contributed by atoms with van der Waals surface area (Å²) in [6, 6.07) is 16.3. The fourth-order valence-corrected chi connectivity index (χ4v) is 5.92. The number of aliphatic hydroxyl groups excluding tert-OH is 1. The molecule has 8 nitrogen and oxygen atoms in total. The third-order valence-electron chi connectivity index (χ3n) is 7.27. The predicted molar refractivity (Wildman–Crippen MR) is 143 cm³/mol. The van der Waals surface area contributed by atoms with E-state index in [9.17, 15) is 22.5 Å². The second kappa shape index (κ2) is 9.88. The van der Waals surface area contributed by atoms with Gasteiger partial charge in [-0.1, -0.05) is 36.4 Å². The Morgan fingerprint density at radius 1 is 1.00 bits per heavy atom. The molecule has 0 aliphatic carbocycles. The Morgan fingerprint density at radius 2 is 1.62 bits per heavy atom. The van der Waals surface area contributed by atoms with Crippen molar-refractivity contribution >= 4 is 20.8 Å². The lowest BCUT2D eigenvalue weighted by Gasteiger charge is -2.16. The monoisotopic (exact) mass is 573 g/mol. The van der Waals surface area contributed by atoms with Crippen molar-refractivity contribution in [3.8, 4) is 28.3 Å². The molecule has 0 saturated carbocycles. The van der Waals surface area contributed by atoms with Crippen molar-refractivity contribution < 1.29 is 36.7 Å². The van der Waals surface area contributed by atoms with Gasteiger partial charge in [0.05, 0.1) is 45.2 Å². The van der Waals surface area contributed by atoms with Crippen LogP contribution in [-0.2, 0) is 25.4 Å². The van der Waals surface area contributed by atoms with Crippen LogP contribution in [0.1, 0.15) is 5.56 Å². The largest absolute Gasteiger partial charge is 0.470 e. The van der Waals surface area contributed by atoms with E-state index in [-0.39, 0.29) is 30.3 Å². The number of fused-ring (bicyclic) bond motifs is 2. The number of alkyl halides is 3. The van der Waals surface area contributed by atoms with Crippen LogP contribution in [0, 0.1) is 0 Å². The summed E-state index contributed by atoms with van der Waals surface area (Å²) in [4.78, 5) is 7.83. The molecule has 0 spiro atoms. The molecular weight excluding hydrogens is 547 g/mol. The molecular formula is C28H26F3N3O5S. The molecule has 12 heteroatoms. The zero-order valence-corrected chi connectivity index (χ0v) is 22.3. The topological polar surface area (TPSA) is 106 Å². The highest BCUT2D eigenvalue weighted by Gasteiger charge is 2.48. The van der Waals surface area contributed by atoms with E-state index in [1.165, 1.54) is 7.05 Å². The Hall–Kier alpha value is -3.45. The molecule has 40 heavy (non-hydrogen) atoms. The zero-order chi connectivity index (χ0) is 28.2. The summed E-state index contributed by atoms with van der Waals surface area (Å²) < 4.78 is 75.8. The van der Waals surface area contributed by atoms with Crippen LogP contribution in [0.2, 0.25) is 0 Å². The van der Waals surface area contributed by atoms with Crippen LogP contribution < -0.4 is 4.74 Å². The highest BCUT2D eigenvalue weighted by molar-refractivity contribution is 7.93. The molecule has 0 bridgehead atoms. The maximum Gasteiger partial charge on any atom is 0.418 e. The SMILES string of the molecule is CN=S(C)(=O)c1ccc(-c2ccc(-c3nc4cc(O[C@@H]5COC6[C@H](O)CO[C@@H]65)[nH]c4cc3C(F)(F)F)cc2)cc1. The van der Waals surface area contributed by atoms with Crippen LogP contribution in [0.4, 0.5) is 13.2 Å². The van der Waals surface area contributed by atoms with E-state index in [2.05, 4.69) is 14.3 Å². The fraction of sp³-hybridized carbons (Fsp3) is 0.321. The van der Waals surface area contributed by atoms with Gasteiger partial charge in [0.25, 0.3) is 0 Å². The van der Waals surface area contributed by atoms with Gasteiger partial charge < -0.3 is 24.3 Å². The smallest absolute Gasteiger partial charge is 0.418 e. The minimum absolute atomic E-state index is 0.140. The molecule has 5 atom stereocenters. The first-order chi connectivity index (χ1) is 19.0. The van der Waals surface area contributed by atoms with Crippen LogP contribution >= 0.6 is 0 Å². The van der Waals surface area contributed by atoms with Crippen LogP contribution in [0.5, 0.6) is 5.88 Å². The summed E-state index contributed by atoms with van der Waals surface area (Å²) in [5, 5.41) is 9.93. The number of ether oxygens (including phenoxy) is 3. The normalized spacial score (nSPS) is 24.1. The lowest BCUT2D eigenvalue weighted by molar-refractivity contribution is -0.137. The van der Waals surface area contributed by atoms with Gasteiger partial charge in [0, 0.05) is 29.8 Å². The second-order valence-corrected chi connectivity index (χ2v) is 12.3. The third kappa shape index (κ3) is 4.85. The molecule has 2 unspecified atom stereocenters. The van der Waals surface area contributed by atoms with E-state index in [1.807, 2.05) is 0 Å². The van der Waals surface area contributed by atoms with Crippen molar-refractivity contribution in [2.45, 2.75) is 35.5 Å². The van der Waals surface area contributed by atoms with Gasteiger partial charge in [-0.25, -0.2) is 13.6 Å². The first-order valence-electron chi connectivity index (χ1n) is 12.5. The summed E-state index contributed by atoms with van der Waals surface area (Å²) in [6.45, 7) is 0.329. The van der Waals surface area contributed by atoms with E-state index in [4.69, 9.17) is 14.2 Å². The molecule has 2 aliphatic heterocycles. The number of hydrogen-bond acceptors (Lipinski definition) is 7. The lowest BCUT2D eigenvalue weighted by Crippen LogP contribution is -2.34. The predicted octanol–water partition coefficient (Wildman–Crippen LogP) is 4.91. The van der Waals surface area contributed by atoms with Gasteiger partial charge in [0.2, 0.25) is 0 Å². The van der Waals surface area contributed by atoms with Crippen LogP contribution in [0.15, 0.2) is 69.9 Å². The highest BCUT2D eigenvalue weighted by atomic mass is 32.2. The van der Waals surface area contributed by atoms with Gasteiger partial charge in [0.15, 0.2) is 12.0 Å². The molecule has 2 fully saturated rings. The number of pyridine rings is 1. The Bertz CT molecular complexity index is 1680. The number of rotatable bonds is 5. The van der Waals surface area contributed by atoms with E-state index in [0.717, 1.165) is 17.2 Å². The molecule has 2 saturated heterocycles. The lowest BCUT2D eigenvalue weighted by atomic mass is 10.00. The van der Waals surface area contributed by atoms with Crippen LogP contribution in [-0.4, -0.2) is 70.2 Å². The van der Waals surface area contributed by atoms with Crippen LogP contribution in [0.25, 0.3) is 33.4 Å². The first-order valence-corrected chi connectivity index (χ1v) is 14.5. The number of aliphatic hydroxyl groups is 1. The maximum atomic E-state index is 14.1. The molecule has 210 valence electrons. The quantitative estimate of drug-likeness (QED) is 0.352. The second-order valence-electron chi connectivity index (χ2n) is 9.86. The molecule has 2 aromatic heterocycles. The molecule has 0 radical (unpaired) electrons. The van der Waals surface area contributed by atoms with Gasteiger partial charge in [0.1, 0.15) is 18.3 Å². The Kier molecular flexibility index (Phi) is 6.61. The number of benzene rings is 2. The van der Waals surface area contributed by atoms with Crippen molar-refractivity contribution in [3.63, 3.8) is 0 Å². The standard InChI is InChI=1S/C28H26F3N3O5S/c1-32-40(2,36)18-9-7-16(8-10-18)15-3-5-17(6-4-15)25-19(28(29,30)31)11-20-21(34-25)12-24(33-20)39-23-14-38-26-22(35)13-37-27(23)26/h3-12,22-23,26-27,33,35H,13-14H2,1-2H3/t22-,23-,26?,27-,40?/m1/s1. The molecule has 6 rings (SSSR count). The summed E-state index contributed by atoms with van der Waals surface area (Å²) in [5.74, 6) is 0.234. The zero-order valence-electron chi connectivity index (χ0n) is 21.5. The minimum atomic E-state index is -4.64. The fourth-order valence-electron chi connectivity index (χ4n) is 5.06. The van der Waals surface area contributed by atoms with Crippen molar-refractivity contribution in [1.29, 1.82) is 0 Å². The Balaban J connectivity index is 1.30. The van der Waals surface area contributed by atoms with Gasteiger partial charge in [-0.15, -0.1) is 0 Å². The van der Waals surface area contributed by atoms with Crippen molar-refractivity contribution in [3.05, 3.63) is 66.2 Å². The number of aromatic nitrogens is 2. The van der Waals surface area contributed by atoms with Gasteiger partial charge >= 0.3 is 6.18 Å². The maximum absolute atomic E-state index is 14.1. The number of halogens is 3. The number of nitrogens with zero attached hydrogens (tertiary/aromatic N) is 2. The minimum Gasteiger partial charge on any atom is -0.470 e. The molecule has 0 amide bonds. The third-order valence-corrected chi connectivity index (χ3v) is 9.12. The number of hydrogen-bond donors (Lipinski definition) is 2. The Labute approximate surface area is 228 Å². The first kappa shape index (κ1) is 26.8. The number of nitrogens with one attached hydrogen (secondary N) is 1. The average Bonchev–Trinajstić information content (AvgIpc) is 3.64. The van der Waals surface area contributed by atoms with E-state index >= 15 is 0 Å². The molecule has 4 aromatic rings. The van der Waals surface area contributed by atoms with Gasteiger partial charge in [-0.05, 0) is 29.3 Å². The van der Waals surface area contributed by atoms with Crippen molar-refractivity contribution in [1.82, 2.24) is 9.97 Å². The summed E-state index contributed by atoms with van der Waals surface area (Å²) >= 11 is 0. The van der Waals surface area contributed by atoms with Crippen molar-refractivity contribution in [2.75, 3.05) is 26.5 Å². The molecule has 4 heterocycles. The average molecular weight is 574 g/mol. The summed E-state index contributed by atoms with van der Waals surface area (Å²) in [7, 11) is -0.955. The summed E-state index contributed by atoms with van der Waals surface area (Å²) in [5.41, 5.74) is 1.33. The van der Waals surface area contributed by atoms with E-state index < -0.39 is 45.9 Å². The Morgan fingerprint density at radius 3 is 2.27 bits per heavy atom. The molecule has 2 aromatic carbocycles. The molecule has 2 N–H and O–H groups in total. The van der Waals surface area contributed by atoms with Crippen LogP contribution in [0.3, 0.4) is 0 Å². The van der Waals surface area contributed by atoms with Gasteiger partial charge in [-0.2, -0.15) is 13.2 Å². The summed E-state index contributed by atoms with van der Waals surface area (Å²) in [6.07, 6.45) is -5.29. The number of H-pyrrole nitrogens is 1. The van der Waals surface area contributed by atoms with E-state index in [0.29, 0.717) is 16.0 Å². The highest BCUT2D eigenvalue weighted by Crippen LogP contribution is 2.39. The number of aromatic amines is 1. The molecule has 2 aliphatic rings. The van der Waals surface area contributed by atoms with Gasteiger partial charge in [-0.3, -0.25) is 0 Å².